The van der Waals surface area contributed by atoms with E-state index < -0.39 is 23.3 Å². The molecule has 1 aliphatic heterocycles. The largest absolute Gasteiger partial charge is 0.491 e. The molecular weight excluding hydrogens is 696 g/mol. The summed E-state index contributed by atoms with van der Waals surface area (Å²) < 4.78 is 26.9. The van der Waals surface area contributed by atoms with Crippen LogP contribution in [0.2, 0.25) is 5.02 Å². The second-order valence-corrected chi connectivity index (χ2v) is 15.3. The number of ether oxygens (including phenoxy) is 4. The number of benzene rings is 2. The van der Waals surface area contributed by atoms with E-state index in [-0.39, 0.29) is 36.9 Å². The van der Waals surface area contributed by atoms with Gasteiger partial charge in [-0.25, -0.2) is 4.79 Å². The summed E-state index contributed by atoms with van der Waals surface area (Å²) in [6.07, 6.45) is 8.39. The van der Waals surface area contributed by atoms with Crippen LogP contribution < -0.4 is 14.4 Å². The topological polar surface area (TPSA) is 86.3 Å². The van der Waals surface area contributed by atoms with Gasteiger partial charge in [0, 0.05) is 34.8 Å². The van der Waals surface area contributed by atoms with Crippen molar-refractivity contribution in [2.75, 3.05) is 37.8 Å². The molecule has 52 heavy (non-hydrogen) atoms. The Labute approximate surface area is 321 Å². The van der Waals surface area contributed by atoms with Crippen LogP contribution in [-0.4, -0.2) is 62.1 Å². The van der Waals surface area contributed by atoms with Crippen molar-refractivity contribution in [1.82, 2.24) is 4.72 Å². The van der Waals surface area contributed by atoms with Gasteiger partial charge in [0.2, 0.25) is 0 Å². The Morgan fingerprint density at radius 1 is 1.04 bits per heavy atom. The molecule has 286 valence electrons. The second kappa shape index (κ2) is 20.3. The fourth-order valence-electron chi connectivity index (χ4n) is 6.36. The van der Waals surface area contributed by atoms with Gasteiger partial charge in [-0.2, -0.15) is 0 Å². The van der Waals surface area contributed by atoms with Gasteiger partial charge >= 0.3 is 5.97 Å². The summed E-state index contributed by atoms with van der Waals surface area (Å²) in [5.41, 5.74) is 1.32. The molecule has 4 atom stereocenters. The van der Waals surface area contributed by atoms with Crippen molar-refractivity contribution < 1.29 is 28.5 Å². The lowest BCUT2D eigenvalue weighted by Gasteiger charge is -2.44. The summed E-state index contributed by atoms with van der Waals surface area (Å²) in [7, 11) is 0. The molecule has 1 aliphatic carbocycles. The van der Waals surface area contributed by atoms with E-state index in [1.807, 2.05) is 32.0 Å². The molecule has 2 aliphatic rings. The van der Waals surface area contributed by atoms with Gasteiger partial charge in [-0.3, -0.25) is 9.52 Å². The lowest BCUT2D eigenvalue weighted by atomic mass is 9.70. The van der Waals surface area contributed by atoms with Crippen LogP contribution in [0, 0.1) is 11.8 Å². The van der Waals surface area contributed by atoms with Crippen molar-refractivity contribution in [3.63, 3.8) is 0 Å². The molecule has 1 fully saturated rings. The van der Waals surface area contributed by atoms with E-state index in [9.17, 15) is 9.59 Å². The highest BCUT2D eigenvalue weighted by atomic mass is 35.5. The SMILES string of the molecule is C=CCOC(C)(C)C(=O)NSc1ccc2c(c1)N(CC1CCC1C(C=C)OC(=O)C(C)(C)OCC=C)CC(c1ccc(Cl)cc1CCC)CO2.CC. The quantitative estimate of drug-likeness (QED) is 0.0916. The van der Waals surface area contributed by atoms with Crippen LogP contribution in [0.5, 0.6) is 5.75 Å². The van der Waals surface area contributed by atoms with E-state index in [0.717, 1.165) is 60.1 Å². The summed E-state index contributed by atoms with van der Waals surface area (Å²) >= 11 is 7.70. The van der Waals surface area contributed by atoms with Gasteiger partial charge in [-0.05, 0) is 106 Å². The van der Waals surface area contributed by atoms with Gasteiger partial charge in [0.05, 0.1) is 25.5 Å². The first-order valence-corrected chi connectivity index (χ1v) is 19.6. The summed E-state index contributed by atoms with van der Waals surface area (Å²) in [6, 6.07) is 12.2. The predicted octanol–water partition coefficient (Wildman–Crippen LogP) is 9.51. The van der Waals surface area contributed by atoms with E-state index in [2.05, 4.69) is 54.5 Å². The monoisotopic (exact) mass is 754 g/mol. The number of nitrogens with one attached hydrogen (secondary N) is 1. The predicted molar refractivity (Wildman–Crippen MR) is 214 cm³/mol. The van der Waals surface area contributed by atoms with Crippen LogP contribution in [0.15, 0.2) is 79.3 Å². The minimum absolute atomic E-state index is 0.0918. The van der Waals surface area contributed by atoms with E-state index >= 15 is 0 Å². The number of anilines is 1. The van der Waals surface area contributed by atoms with Gasteiger partial charge in [-0.15, -0.1) is 13.2 Å². The highest BCUT2D eigenvalue weighted by Gasteiger charge is 2.42. The zero-order valence-electron chi connectivity index (χ0n) is 32.2. The van der Waals surface area contributed by atoms with E-state index in [0.29, 0.717) is 6.61 Å². The molecule has 8 nitrogen and oxygen atoms in total. The number of aryl methyl sites for hydroxylation is 1. The highest BCUT2D eigenvalue weighted by molar-refractivity contribution is 7.98. The van der Waals surface area contributed by atoms with Crippen molar-refractivity contribution in [1.29, 1.82) is 0 Å². The molecule has 4 unspecified atom stereocenters. The number of hydrogen-bond acceptors (Lipinski definition) is 8. The normalized spacial score (nSPS) is 18.9. The number of carbonyl (C=O) groups is 2. The molecule has 1 N–H and O–H groups in total. The summed E-state index contributed by atoms with van der Waals surface area (Å²) in [5.74, 6) is 0.574. The lowest BCUT2D eigenvalue weighted by Crippen LogP contribution is -2.47. The highest BCUT2D eigenvalue weighted by Crippen LogP contribution is 2.44. The minimum atomic E-state index is -1.10. The number of hydrogen-bond donors (Lipinski definition) is 1. The molecule has 0 radical (unpaired) electrons. The van der Waals surface area contributed by atoms with Crippen molar-refractivity contribution in [2.24, 2.45) is 11.8 Å². The number of carbonyl (C=O) groups excluding carboxylic acids is 2. The molecule has 1 saturated carbocycles. The third-order valence-electron chi connectivity index (χ3n) is 9.47. The van der Waals surface area contributed by atoms with Crippen LogP contribution in [0.4, 0.5) is 5.69 Å². The zero-order chi connectivity index (χ0) is 38.5. The van der Waals surface area contributed by atoms with Crippen molar-refractivity contribution in [3.05, 3.63) is 90.5 Å². The Bertz CT molecular complexity index is 1530. The fraction of sp³-hybridized carbons (Fsp3) is 0.524. The number of rotatable bonds is 18. The fourth-order valence-corrected chi connectivity index (χ4v) is 7.31. The molecule has 1 amide bonds. The summed E-state index contributed by atoms with van der Waals surface area (Å²) in [4.78, 5) is 29.4. The third kappa shape index (κ3) is 11.4. The molecule has 0 bridgehead atoms. The lowest BCUT2D eigenvalue weighted by molar-refractivity contribution is -0.175. The molecule has 0 saturated heterocycles. The maximum atomic E-state index is 13.1. The zero-order valence-corrected chi connectivity index (χ0v) is 33.7. The molecule has 4 rings (SSSR count). The number of nitrogens with zero attached hydrogens (tertiary/aromatic N) is 1. The summed E-state index contributed by atoms with van der Waals surface area (Å²) in [5, 5.41) is 0.731. The average molecular weight is 755 g/mol. The van der Waals surface area contributed by atoms with Crippen LogP contribution in [0.1, 0.15) is 84.8 Å². The second-order valence-electron chi connectivity index (χ2n) is 14.0. The maximum absolute atomic E-state index is 13.1. The number of fused-ring (bicyclic) bond motifs is 1. The first-order valence-electron chi connectivity index (χ1n) is 18.4. The molecule has 2 aromatic carbocycles. The molecule has 0 spiro atoms. The Hall–Kier alpha value is -3.24. The van der Waals surface area contributed by atoms with Crippen LogP contribution in [0.3, 0.4) is 0 Å². The van der Waals surface area contributed by atoms with Crippen molar-refractivity contribution in [2.45, 2.75) is 102 Å². The smallest absolute Gasteiger partial charge is 0.338 e. The van der Waals surface area contributed by atoms with Gasteiger partial charge in [0.1, 0.15) is 17.5 Å². The van der Waals surface area contributed by atoms with Gasteiger partial charge < -0.3 is 23.8 Å². The third-order valence-corrected chi connectivity index (χ3v) is 10.5. The molecule has 1 heterocycles. The van der Waals surface area contributed by atoms with E-state index in [1.54, 1.807) is 45.9 Å². The minimum Gasteiger partial charge on any atom is -0.491 e. The van der Waals surface area contributed by atoms with Crippen molar-refractivity contribution >= 4 is 41.1 Å². The summed E-state index contributed by atoms with van der Waals surface area (Å²) in [6.45, 7) is 27.0. The van der Waals surface area contributed by atoms with Crippen LogP contribution in [-0.2, 0) is 30.2 Å². The van der Waals surface area contributed by atoms with Gasteiger partial charge in [0.15, 0.2) is 5.60 Å². The molecule has 10 heteroatoms. The molecule has 2 aromatic rings. The average Bonchev–Trinajstić information content (AvgIpc) is 3.30. The first-order chi connectivity index (χ1) is 24.8. The maximum Gasteiger partial charge on any atom is 0.338 e. The first kappa shape index (κ1) is 43.2. The Balaban J connectivity index is 0.00000358. The van der Waals surface area contributed by atoms with E-state index in [4.69, 9.17) is 30.5 Å². The van der Waals surface area contributed by atoms with Crippen molar-refractivity contribution in [3.8, 4) is 5.75 Å². The van der Waals surface area contributed by atoms with Gasteiger partial charge in [-0.1, -0.05) is 69.7 Å². The standard InChI is InChI=1S/C40H53ClN2O6S.C2H6/c1-9-13-27-22-30(41)15-18-32(27)29-25-43(24-28-14-17-33(28)35(12-4)49-38(45)40(7,8)48-21-11-3)34-23-31(16-19-36(34)46-26-29)50-42-37(44)39(5,6)47-20-10-2;1-2/h10-12,15-16,18-19,22-23,28-29,33,35H,2-4,9,13-14,17,20-21,24-26H2,1,5-8H3,(H,42,44);1-2H3. The molecule has 0 aromatic heterocycles. The number of esters is 1. The number of amides is 1. The van der Waals surface area contributed by atoms with Gasteiger partial charge in [0.25, 0.3) is 5.91 Å². The number of halogens is 1. The Morgan fingerprint density at radius 3 is 2.35 bits per heavy atom. The van der Waals surface area contributed by atoms with Crippen LogP contribution in [0.25, 0.3) is 0 Å². The van der Waals surface area contributed by atoms with Crippen LogP contribution >= 0.6 is 23.5 Å². The Kier molecular flexibility index (Phi) is 16.8. The van der Waals surface area contributed by atoms with E-state index in [1.165, 1.54) is 23.1 Å². The Morgan fingerprint density at radius 2 is 1.73 bits per heavy atom. The molecular formula is C42H59ClN2O6S.